The summed E-state index contributed by atoms with van der Waals surface area (Å²) in [6.07, 6.45) is -4.83. The second kappa shape index (κ2) is 5.47. The molecule has 0 fully saturated rings. The van der Waals surface area contributed by atoms with E-state index >= 15 is 0 Å². The summed E-state index contributed by atoms with van der Waals surface area (Å²) in [6, 6.07) is 9.68. The number of ether oxygens (including phenoxy) is 1. The minimum absolute atomic E-state index is 0.130. The Balaban J connectivity index is 2.39. The number of carbonyl (C=O) groups excluding carboxylic acids is 1. The first-order chi connectivity index (χ1) is 9.81. The molecule has 0 radical (unpaired) electrons. The number of ketones is 1. The van der Waals surface area contributed by atoms with Crippen molar-refractivity contribution in [3.8, 4) is 5.75 Å². The maximum Gasteiger partial charge on any atom is 0.454 e. The maximum absolute atomic E-state index is 12.1. The predicted molar refractivity (Wildman–Crippen MR) is 72.2 cm³/mol. The summed E-state index contributed by atoms with van der Waals surface area (Å²) in [7, 11) is 1.52. The lowest BCUT2D eigenvalue weighted by Gasteiger charge is -2.06. The van der Waals surface area contributed by atoms with E-state index in [1.807, 2.05) is 0 Å². The molecule has 110 valence electrons. The van der Waals surface area contributed by atoms with Crippen LogP contribution >= 0.6 is 0 Å². The molecule has 2 rings (SSSR count). The van der Waals surface area contributed by atoms with Crippen LogP contribution in [-0.2, 0) is 4.79 Å². The third-order valence-corrected chi connectivity index (χ3v) is 2.89. The molecule has 0 aliphatic heterocycles. The fraction of sp³-hybridized carbons (Fsp3) is 0.133. The van der Waals surface area contributed by atoms with Gasteiger partial charge in [0.05, 0.1) is 7.11 Å². The zero-order valence-corrected chi connectivity index (χ0v) is 10.9. The third-order valence-electron chi connectivity index (χ3n) is 2.89. The minimum atomic E-state index is -5.00. The van der Waals surface area contributed by atoms with Gasteiger partial charge in [0, 0.05) is 11.6 Å². The largest absolute Gasteiger partial charge is 0.507 e. The molecule has 2 aromatic rings. The molecule has 0 aliphatic rings. The number of aliphatic hydroxyl groups is 1. The first kappa shape index (κ1) is 14.9. The second-order valence-corrected chi connectivity index (χ2v) is 4.32. The Morgan fingerprint density at radius 1 is 1.14 bits per heavy atom. The van der Waals surface area contributed by atoms with E-state index in [4.69, 9.17) is 4.74 Å². The third kappa shape index (κ3) is 3.34. The SMILES string of the molecule is COc1ccc2cc(/C(O)=C\C(=O)C(F)(F)F)ccc2c1. The van der Waals surface area contributed by atoms with Crippen molar-refractivity contribution in [2.75, 3.05) is 7.11 Å². The summed E-state index contributed by atoms with van der Waals surface area (Å²) < 4.78 is 41.5. The molecule has 1 N–H and O–H groups in total. The molecule has 0 aromatic heterocycles. The number of fused-ring (bicyclic) bond motifs is 1. The van der Waals surface area contributed by atoms with Crippen molar-refractivity contribution in [1.29, 1.82) is 0 Å². The van der Waals surface area contributed by atoms with E-state index < -0.39 is 17.7 Å². The Morgan fingerprint density at radius 3 is 2.38 bits per heavy atom. The van der Waals surface area contributed by atoms with Crippen LogP contribution in [-0.4, -0.2) is 24.2 Å². The van der Waals surface area contributed by atoms with Crippen molar-refractivity contribution in [3.63, 3.8) is 0 Å². The molecule has 21 heavy (non-hydrogen) atoms. The molecule has 0 aliphatic carbocycles. The number of hydrogen-bond acceptors (Lipinski definition) is 3. The van der Waals surface area contributed by atoms with Gasteiger partial charge < -0.3 is 9.84 Å². The molecule has 0 spiro atoms. The van der Waals surface area contributed by atoms with E-state index in [9.17, 15) is 23.1 Å². The number of allylic oxidation sites excluding steroid dienone is 1. The van der Waals surface area contributed by atoms with Crippen molar-refractivity contribution < 1.29 is 27.8 Å². The summed E-state index contributed by atoms with van der Waals surface area (Å²) in [5, 5.41) is 11.1. The van der Waals surface area contributed by atoms with E-state index in [1.165, 1.54) is 19.2 Å². The van der Waals surface area contributed by atoms with Gasteiger partial charge in [-0.1, -0.05) is 18.2 Å². The summed E-state index contributed by atoms with van der Waals surface area (Å²) in [6.45, 7) is 0. The van der Waals surface area contributed by atoms with Crippen LogP contribution in [0.25, 0.3) is 16.5 Å². The lowest BCUT2D eigenvalue weighted by molar-refractivity contribution is -0.165. The van der Waals surface area contributed by atoms with Gasteiger partial charge in [-0.15, -0.1) is 0 Å². The molecule has 0 saturated carbocycles. The summed E-state index contributed by atoms with van der Waals surface area (Å²) in [5.41, 5.74) is 0.130. The average molecular weight is 296 g/mol. The lowest BCUT2D eigenvalue weighted by atomic mass is 10.0. The van der Waals surface area contributed by atoms with Crippen LogP contribution in [0, 0.1) is 0 Å². The fourth-order valence-corrected chi connectivity index (χ4v) is 1.80. The molecule has 0 saturated heterocycles. The van der Waals surface area contributed by atoms with Crippen LogP contribution in [0.1, 0.15) is 5.56 Å². The normalized spacial score (nSPS) is 12.5. The number of carbonyl (C=O) groups is 1. The smallest absolute Gasteiger partial charge is 0.454 e. The number of methoxy groups -OCH3 is 1. The first-order valence-corrected chi connectivity index (χ1v) is 5.91. The highest BCUT2D eigenvalue weighted by molar-refractivity contribution is 5.99. The van der Waals surface area contributed by atoms with Gasteiger partial charge in [-0.25, -0.2) is 0 Å². The lowest BCUT2D eigenvalue weighted by Crippen LogP contribution is -2.20. The van der Waals surface area contributed by atoms with E-state index in [0.29, 0.717) is 11.1 Å². The highest BCUT2D eigenvalue weighted by Crippen LogP contribution is 2.25. The first-order valence-electron chi connectivity index (χ1n) is 5.91. The van der Waals surface area contributed by atoms with Gasteiger partial charge in [-0.3, -0.25) is 4.79 Å². The maximum atomic E-state index is 12.1. The van der Waals surface area contributed by atoms with Crippen molar-refractivity contribution in [2.45, 2.75) is 6.18 Å². The van der Waals surface area contributed by atoms with Gasteiger partial charge >= 0.3 is 6.18 Å². The van der Waals surface area contributed by atoms with Crippen LogP contribution in [0.15, 0.2) is 42.5 Å². The van der Waals surface area contributed by atoms with E-state index in [-0.39, 0.29) is 11.6 Å². The van der Waals surface area contributed by atoms with E-state index in [0.717, 1.165) is 5.39 Å². The Morgan fingerprint density at radius 2 is 1.76 bits per heavy atom. The quantitative estimate of drug-likeness (QED) is 0.690. The number of alkyl halides is 3. The Labute approximate surface area is 118 Å². The van der Waals surface area contributed by atoms with Gasteiger partial charge in [0.1, 0.15) is 11.5 Å². The highest BCUT2D eigenvalue weighted by Gasteiger charge is 2.37. The molecule has 0 amide bonds. The van der Waals surface area contributed by atoms with Crippen LogP contribution in [0.5, 0.6) is 5.75 Å². The molecule has 6 heteroatoms. The average Bonchev–Trinajstić information content (AvgIpc) is 2.44. The number of hydrogen-bond donors (Lipinski definition) is 1. The van der Waals surface area contributed by atoms with Crippen molar-refractivity contribution in [2.24, 2.45) is 0 Å². The summed E-state index contributed by atoms with van der Waals surface area (Å²) in [4.78, 5) is 10.8. The Bertz CT molecular complexity index is 718. The topological polar surface area (TPSA) is 46.5 Å². The Kier molecular flexibility index (Phi) is 3.88. The standard InChI is InChI=1S/C15H11F3O3/c1-21-12-5-4-9-6-11(3-2-10(9)7-12)13(19)8-14(20)15(16,17)18/h2-8,19H,1H3/b13-8+. The molecule has 0 atom stereocenters. The fourth-order valence-electron chi connectivity index (χ4n) is 1.80. The van der Waals surface area contributed by atoms with E-state index in [1.54, 1.807) is 24.3 Å². The Hall–Kier alpha value is -2.50. The number of benzene rings is 2. The van der Waals surface area contributed by atoms with Crippen LogP contribution in [0.3, 0.4) is 0 Å². The molecule has 0 heterocycles. The zero-order chi connectivity index (χ0) is 15.6. The highest BCUT2D eigenvalue weighted by atomic mass is 19.4. The minimum Gasteiger partial charge on any atom is -0.507 e. The monoisotopic (exact) mass is 296 g/mol. The van der Waals surface area contributed by atoms with Gasteiger partial charge in [-0.05, 0) is 29.0 Å². The molecular weight excluding hydrogens is 285 g/mol. The number of aliphatic hydroxyl groups excluding tert-OH is 1. The molecular formula is C15H11F3O3. The molecule has 0 unspecified atom stereocenters. The van der Waals surface area contributed by atoms with Crippen LogP contribution < -0.4 is 4.74 Å². The van der Waals surface area contributed by atoms with Gasteiger partial charge in [0.15, 0.2) is 0 Å². The van der Waals surface area contributed by atoms with Crippen molar-refractivity contribution in [1.82, 2.24) is 0 Å². The predicted octanol–water partition coefficient (Wildman–Crippen LogP) is 3.88. The van der Waals surface area contributed by atoms with Gasteiger partial charge in [0.2, 0.25) is 0 Å². The summed E-state index contributed by atoms with van der Waals surface area (Å²) in [5.74, 6) is -2.19. The van der Waals surface area contributed by atoms with Crippen LogP contribution in [0.4, 0.5) is 13.2 Å². The van der Waals surface area contributed by atoms with Gasteiger partial charge in [-0.2, -0.15) is 13.2 Å². The van der Waals surface area contributed by atoms with Gasteiger partial charge in [0.25, 0.3) is 5.78 Å². The zero-order valence-electron chi connectivity index (χ0n) is 10.9. The van der Waals surface area contributed by atoms with E-state index in [2.05, 4.69) is 0 Å². The molecule has 0 bridgehead atoms. The molecule has 3 nitrogen and oxygen atoms in total. The molecule has 2 aromatic carbocycles. The number of rotatable bonds is 3. The summed E-state index contributed by atoms with van der Waals surface area (Å²) >= 11 is 0. The second-order valence-electron chi connectivity index (χ2n) is 4.32. The van der Waals surface area contributed by atoms with Crippen LogP contribution in [0.2, 0.25) is 0 Å². The number of halogens is 3. The van der Waals surface area contributed by atoms with Crippen molar-refractivity contribution >= 4 is 22.3 Å². The van der Waals surface area contributed by atoms with Crippen molar-refractivity contribution in [3.05, 3.63) is 48.0 Å².